The summed E-state index contributed by atoms with van der Waals surface area (Å²) < 4.78 is 40.6. The van der Waals surface area contributed by atoms with Crippen molar-refractivity contribution in [2.24, 2.45) is 0 Å². The van der Waals surface area contributed by atoms with Gasteiger partial charge in [0.05, 0.1) is 12.6 Å². The van der Waals surface area contributed by atoms with Gasteiger partial charge in [0.15, 0.2) is 11.5 Å². The highest BCUT2D eigenvalue weighted by molar-refractivity contribution is 5.92. The Morgan fingerprint density at radius 2 is 1.88 bits per heavy atom. The van der Waals surface area contributed by atoms with Gasteiger partial charge >= 0.3 is 6.61 Å². The number of hydrogen-bond donors (Lipinski definition) is 1. The van der Waals surface area contributed by atoms with Crippen LogP contribution in [0.5, 0.6) is 17.2 Å². The first-order valence-electron chi connectivity index (χ1n) is 10.8. The topological polar surface area (TPSA) is 69.7 Å². The number of hydrogen-bond acceptors (Lipinski definition) is 5. The Hall–Kier alpha value is -3.94. The van der Waals surface area contributed by atoms with E-state index in [1.54, 1.807) is 37.5 Å². The molecule has 3 aromatic rings. The lowest BCUT2D eigenvalue weighted by Gasteiger charge is -2.14. The molecule has 0 fully saturated rings. The van der Waals surface area contributed by atoms with E-state index < -0.39 is 6.61 Å². The molecule has 178 valence electrons. The molecule has 1 heterocycles. The van der Waals surface area contributed by atoms with Crippen LogP contribution in [0.4, 0.5) is 8.78 Å². The molecule has 0 aliphatic carbocycles. The highest BCUT2D eigenvalue weighted by Gasteiger charge is 2.12. The van der Waals surface area contributed by atoms with E-state index >= 15 is 0 Å². The number of carbonyl (C=O) groups is 1. The van der Waals surface area contributed by atoms with E-state index in [-0.39, 0.29) is 30.1 Å². The van der Waals surface area contributed by atoms with Crippen molar-refractivity contribution in [3.05, 3.63) is 89.8 Å². The highest BCUT2D eigenvalue weighted by atomic mass is 19.3. The summed E-state index contributed by atoms with van der Waals surface area (Å²) in [5.74, 6) is 0.551. The number of pyridine rings is 1. The molecule has 2 aromatic carbocycles. The number of amides is 1. The quantitative estimate of drug-likeness (QED) is 0.374. The molecule has 0 saturated carbocycles. The largest absolute Gasteiger partial charge is 0.490 e. The van der Waals surface area contributed by atoms with Crippen molar-refractivity contribution >= 4 is 12.0 Å². The number of rotatable bonds is 11. The Morgan fingerprint density at radius 3 is 2.56 bits per heavy atom. The van der Waals surface area contributed by atoms with Crippen LogP contribution in [0.15, 0.2) is 73.1 Å². The van der Waals surface area contributed by atoms with Crippen LogP contribution in [0.25, 0.3) is 6.08 Å². The summed E-state index contributed by atoms with van der Waals surface area (Å²) in [5, 5.41) is 2.89. The van der Waals surface area contributed by atoms with Gasteiger partial charge in [-0.25, -0.2) is 0 Å². The molecule has 0 spiro atoms. The fourth-order valence-electron chi connectivity index (χ4n) is 3.11. The Morgan fingerprint density at radius 1 is 1.09 bits per heavy atom. The van der Waals surface area contributed by atoms with Crippen LogP contribution in [0.2, 0.25) is 0 Å². The molecule has 0 aliphatic heterocycles. The predicted octanol–water partition coefficient (Wildman–Crippen LogP) is 5.55. The zero-order valence-corrected chi connectivity index (χ0v) is 18.9. The molecule has 3 rings (SSSR count). The smallest absolute Gasteiger partial charge is 0.387 e. The zero-order chi connectivity index (χ0) is 24.3. The molecule has 8 heteroatoms. The van der Waals surface area contributed by atoms with Crippen LogP contribution in [0.1, 0.15) is 36.6 Å². The van der Waals surface area contributed by atoms with E-state index in [1.165, 1.54) is 12.1 Å². The first-order chi connectivity index (χ1) is 16.4. The molecule has 0 saturated heterocycles. The second-order valence-corrected chi connectivity index (χ2v) is 7.30. The summed E-state index contributed by atoms with van der Waals surface area (Å²) in [4.78, 5) is 16.4. The van der Waals surface area contributed by atoms with Gasteiger partial charge in [0.25, 0.3) is 0 Å². The summed E-state index contributed by atoms with van der Waals surface area (Å²) in [6.07, 6.45) is 6.41. The molecular weight excluding hydrogens is 442 g/mol. The number of ether oxygens (including phenoxy) is 3. The average Bonchev–Trinajstić information content (AvgIpc) is 2.83. The molecule has 1 aromatic heterocycles. The SMILES string of the molecule is CCOc1cc(C=CC(=O)NC(C)c2ccc(OCc3cccnc3)cc2)ccc1OC(F)F. The van der Waals surface area contributed by atoms with Crippen LogP contribution in [0, 0.1) is 0 Å². The second-order valence-electron chi connectivity index (χ2n) is 7.30. The van der Waals surface area contributed by atoms with Gasteiger partial charge in [0, 0.05) is 24.0 Å². The van der Waals surface area contributed by atoms with Crippen LogP contribution in [0.3, 0.4) is 0 Å². The number of nitrogens with one attached hydrogen (secondary N) is 1. The van der Waals surface area contributed by atoms with Crippen molar-refractivity contribution in [2.45, 2.75) is 33.1 Å². The van der Waals surface area contributed by atoms with Crippen molar-refractivity contribution in [3.63, 3.8) is 0 Å². The second kappa shape index (κ2) is 12.3. The molecule has 0 bridgehead atoms. The van der Waals surface area contributed by atoms with Crippen LogP contribution in [-0.2, 0) is 11.4 Å². The van der Waals surface area contributed by atoms with Crippen molar-refractivity contribution in [1.29, 1.82) is 0 Å². The van der Waals surface area contributed by atoms with Gasteiger partial charge in [0.2, 0.25) is 5.91 Å². The molecule has 0 aliphatic rings. The van der Waals surface area contributed by atoms with Crippen molar-refractivity contribution < 1.29 is 27.8 Å². The predicted molar refractivity (Wildman–Crippen MR) is 125 cm³/mol. The Labute approximate surface area is 197 Å². The fourth-order valence-corrected chi connectivity index (χ4v) is 3.11. The summed E-state index contributed by atoms with van der Waals surface area (Å²) in [7, 11) is 0. The van der Waals surface area contributed by atoms with E-state index in [0.29, 0.717) is 12.2 Å². The van der Waals surface area contributed by atoms with E-state index in [2.05, 4.69) is 15.0 Å². The van der Waals surface area contributed by atoms with Crippen molar-refractivity contribution in [2.75, 3.05) is 6.61 Å². The molecule has 34 heavy (non-hydrogen) atoms. The normalized spacial score (nSPS) is 11.9. The van der Waals surface area contributed by atoms with E-state index in [9.17, 15) is 13.6 Å². The fraction of sp³-hybridized carbons (Fsp3) is 0.231. The molecular formula is C26H26F2N2O4. The first-order valence-corrected chi connectivity index (χ1v) is 10.8. The maximum absolute atomic E-state index is 12.5. The number of aromatic nitrogens is 1. The van der Waals surface area contributed by atoms with Gasteiger partial charge in [-0.3, -0.25) is 9.78 Å². The lowest BCUT2D eigenvalue weighted by molar-refractivity contribution is -0.117. The standard InChI is InChI=1S/C26H26F2N2O4/c1-3-32-24-15-19(6-12-23(24)34-26(27)28)7-13-25(31)30-18(2)21-8-10-22(11-9-21)33-17-20-5-4-14-29-16-20/h4-16,18,26H,3,17H2,1-2H3,(H,30,31). The van der Waals surface area contributed by atoms with Gasteiger partial charge in [-0.1, -0.05) is 24.3 Å². The minimum atomic E-state index is -2.95. The molecule has 1 atom stereocenters. The third-order valence-electron chi connectivity index (χ3n) is 4.78. The van der Waals surface area contributed by atoms with Gasteiger partial charge in [-0.15, -0.1) is 0 Å². The summed E-state index contributed by atoms with van der Waals surface area (Å²) in [6.45, 7) is 1.38. The number of carbonyl (C=O) groups excluding carboxylic acids is 1. The molecule has 1 amide bonds. The van der Waals surface area contributed by atoms with Crippen LogP contribution >= 0.6 is 0 Å². The van der Waals surface area contributed by atoms with Crippen molar-refractivity contribution in [1.82, 2.24) is 10.3 Å². The Balaban J connectivity index is 1.55. The lowest BCUT2D eigenvalue weighted by atomic mass is 10.1. The van der Waals surface area contributed by atoms with Gasteiger partial charge in [-0.2, -0.15) is 8.78 Å². The summed E-state index contributed by atoms with van der Waals surface area (Å²) in [5.41, 5.74) is 2.51. The third-order valence-corrected chi connectivity index (χ3v) is 4.78. The number of nitrogens with zero attached hydrogens (tertiary/aromatic N) is 1. The Bertz CT molecular complexity index is 1090. The number of alkyl halides is 2. The number of benzene rings is 2. The highest BCUT2D eigenvalue weighted by Crippen LogP contribution is 2.30. The summed E-state index contributed by atoms with van der Waals surface area (Å²) in [6, 6.07) is 15.5. The van der Waals surface area contributed by atoms with E-state index in [0.717, 1.165) is 16.9 Å². The maximum atomic E-state index is 12.5. The van der Waals surface area contributed by atoms with E-state index in [1.807, 2.05) is 43.3 Å². The molecule has 6 nitrogen and oxygen atoms in total. The average molecular weight is 469 g/mol. The first kappa shape index (κ1) is 24.7. The van der Waals surface area contributed by atoms with E-state index in [4.69, 9.17) is 9.47 Å². The molecule has 1 N–H and O–H groups in total. The number of halogens is 2. The molecule has 0 radical (unpaired) electrons. The minimum Gasteiger partial charge on any atom is -0.490 e. The monoisotopic (exact) mass is 468 g/mol. The van der Waals surface area contributed by atoms with Gasteiger partial charge in [0.1, 0.15) is 12.4 Å². The Kier molecular flexibility index (Phi) is 8.96. The molecule has 1 unspecified atom stereocenters. The zero-order valence-electron chi connectivity index (χ0n) is 18.9. The lowest BCUT2D eigenvalue weighted by Crippen LogP contribution is -2.24. The maximum Gasteiger partial charge on any atom is 0.387 e. The third kappa shape index (κ3) is 7.58. The van der Waals surface area contributed by atoms with Crippen LogP contribution in [-0.4, -0.2) is 24.1 Å². The van der Waals surface area contributed by atoms with Gasteiger partial charge < -0.3 is 19.5 Å². The summed E-state index contributed by atoms with van der Waals surface area (Å²) >= 11 is 0. The van der Waals surface area contributed by atoms with Crippen molar-refractivity contribution in [3.8, 4) is 17.2 Å². The van der Waals surface area contributed by atoms with Gasteiger partial charge in [-0.05, 0) is 61.4 Å². The minimum absolute atomic E-state index is 0.0556. The van der Waals surface area contributed by atoms with Crippen LogP contribution < -0.4 is 19.5 Å².